The van der Waals surface area contributed by atoms with Crippen molar-refractivity contribution >= 4 is 23.3 Å². The van der Waals surface area contributed by atoms with Crippen molar-refractivity contribution in [2.24, 2.45) is 10.3 Å². The van der Waals surface area contributed by atoms with Crippen LogP contribution in [0, 0.1) is 0 Å². The van der Waals surface area contributed by atoms with Gasteiger partial charge in [0.15, 0.2) is 5.69 Å². The molecule has 2 aromatic rings. The first-order valence-corrected chi connectivity index (χ1v) is 7.28. The minimum absolute atomic E-state index is 0.0456. The number of rotatable bonds is 3. The minimum atomic E-state index is -0.580. The maximum Gasteiger partial charge on any atom is 0.331 e. The molecule has 0 atom stereocenters. The van der Waals surface area contributed by atoms with E-state index in [0.717, 1.165) is 0 Å². The number of hydrogen-bond acceptors (Lipinski definition) is 9. The lowest BCUT2D eigenvalue weighted by atomic mass is 9.97. The predicted molar refractivity (Wildman–Crippen MR) is 83.9 cm³/mol. The van der Waals surface area contributed by atoms with Crippen molar-refractivity contribution in [1.29, 1.82) is 0 Å². The zero-order valence-corrected chi connectivity index (χ0v) is 13.1. The van der Waals surface area contributed by atoms with Gasteiger partial charge in [0.2, 0.25) is 0 Å². The van der Waals surface area contributed by atoms with Crippen molar-refractivity contribution in [3.05, 3.63) is 41.2 Å². The van der Waals surface area contributed by atoms with E-state index in [2.05, 4.69) is 30.8 Å². The summed E-state index contributed by atoms with van der Waals surface area (Å²) in [6.07, 6.45) is 0.881. The fourth-order valence-electron chi connectivity index (χ4n) is 2.15. The first-order chi connectivity index (χ1) is 12.0. The van der Waals surface area contributed by atoms with Gasteiger partial charge in [-0.3, -0.25) is 4.79 Å². The number of aryl methyl sites for hydroxylation is 1. The molecule has 10 nitrogen and oxygen atoms in total. The molecule has 0 saturated carbocycles. The molecule has 0 fully saturated rings. The third-order valence-corrected chi connectivity index (χ3v) is 3.34. The van der Waals surface area contributed by atoms with Crippen LogP contribution in [-0.2, 0) is 16.1 Å². The summed E-state index contributed by atoms with van der Waals surface area (Å²) in [5, 5.41) is 24.5. The second-order valence-corrected chi connectivity index (χ2v) is 5.13. The van der Waals surface area contributed by atoms with Gasteiger partial charge in [0, 0.05) is 25.3 Å². The monoisotopic (exact) mass is 343 g/mol. The molecule has 3 rings (SSSR count). The molecule has 25 heavy (non-hydrogen) atoms. The molecule has 0 bridgehead atoms. The second kappa shape index (κ2) is 6.91. The Morgan fingerprint density at radius 3 is 2.72 bits per heavy atom. The first-order valence-electron chi connectivity index (χ1n) is 7.28. The van der Waals surface area contributed by atoms with Crippen molar-refractivity contribution in [3.8, 4) is 5.75 Å². The van der Waals surface area contributed by atoms with E-state index in [0.29, 0.717) is 35.5 Å². The van der Waals surface area contributed by atoms with Crippen LogP contribution < -0.4 is 5.43 Å². The molecule has 0 radical (unpaired) electrons. The number of phenolic OH excluding ortho intramolecular Hbond substituents is 1. The highest BCUT2D eigenvalue weighted by Crippen LogP contribution is 2.17. The number of carbonyl (C=O) groups excluding carboxylic acids is 2. The molecule has 1 aliphatic carbocycles. The molecule has 2 N–H and O–H groups in total. The van der Waals surface area contributed by atoms with Crippen molar-refractivity contribution in [1.82, 2.24) is 15.7 Å². The van der Waals surface area contributed by atoms with Gasteiger partial charge in [0.25, 0.3) is 5.91 Å². The molecule has 0 saturated heterocycles. The molecule has 1 aromatic heterocycles. The third kappa shape index (κ3) is 3.68. The summed E-state index contributed by atoms with van der Waals surface area (Å²) in [5.41, 5.74) is 4.11. The van der Waals surface area contributed by atoms with Gasteiger partial charge in [-0.25, -0.2) is 14.8 Å². The molecule has 0 unspecified atom stereocenters. The summed E-state index contributed by atoms with van der Waals surface area (Å²) < 4.78 is 4.69. The average Bonchev–Trinajstić information content (AvgIpc) is 3.07. The molecular weight excluding hydrogens is 330 g/mol. The van der Waals surface area contributed by atoms with Gasteiger partial charge >= 0.3 is 5.97 Å². The number of oxime groups is 1. The number of aromatic hydroxyl groups is 1. The Kier molecular flexibility index (Phi) is 4.50. The molecule has 1 heterocycles. The molecule has 10 heteroatoms. The van der Waals surface area contributed by atoms with Crippen LogP contribution in [0.2, 0.25) is 0 Å². The number of amides is 1. The topological polar surface area (TPSA) is 139 Å². The molecular formula is C15H13N5O5. The summed E-state index contributed by atoms with van der Waals surface area (Å²) in [5.74, 6) is -1.03. The van der Waals surface area contributed by atoms with Gasteiger partial charge in [-0.2, -0.15) is 5.10 Å². The molecule has 0 aliphatic heterocycles. The van der Waals surface area contributed by atoms with Crippen LogP contribution in [0.4, 0.5) is 0 Å². The normalized spacial score (nSPS) is 16.5. The Morgan fingerprint density at radius 1 is 1.24 bits per heavy atom. The van der Waals surface area contributed by atoms with Gasteiger partial charge in [-0.05, 0) is 29.4 Å². The van der Waals surface area contributed by atoms with E-state index < -0.39 is 11.9 Å². The highest BCUT2D eigenvalue weighted by Gasteiger charge is 2.28. The van der Waals surface area contributed by atoms with Crippen molar-refractivity contribution in [3.63, 3.8) is 0 Å². The summed E-state index contributed by atoms with van der Waals surface area (Å²) in [6, 6.07) is 5.66. The largest absolute Gasteiger partial charge is 0.508 e. The minimum Gasteiger partial charge on any atom is -0.508 e. The van der Waals surface area contributed by atoms with Crippen LogP contribution in [0.15, 0.2) is 39.2 Å². The number of aromatic nitrogens is 2. The van der Waals surface area contributed by atoms with Crippen LogP contribution in [0.25, 0.3) is 0 Å². The van der Waals surface area contributed by atoms with Crippen molar-refractivity contribution in [2.45, 2.75) is 19.8 Å². The zero-order chi connectivity index (χ0) is 17.8. The quantitative estimate of drug-likeness (QED) is 0.620. The fraction of sp³-hybridized carbons (Fsp3) is 0.200. The molecule has 1 aliphatic rings. The average molecular weight is 343 g/mol. The van der Waals surface area contributed by atoms with Crippen LogP contribution >= 0.6 is 0 Å². The summed E-state index contributed by atoms with van der Waals surface area (Å²) in [6.45, 7) is 1.22. The second-order valence-electron chi connectivity index (χ2n) is 5.13. The van der Waals surface area contributed by atoms with E-state index in [-0.39, 0.29) is 11.5 Å². The highest BCUT2D eigenvalue weighted by molar-refractivity contribution is 6.48. The Hall–Kier alpha value is -3.56. The van der Waals surface area contributed by atoms with E-state index >= 15 is 0 Å². The van der Waals surface area contributed by atoms with Gasteiger partial charge in [0.1, 0.15) is 22.9 Å². The van der Waals surface area contributed by atoms with Crippen molar-refractivity contribution in [2.75, 3.05) is 0 Å². The van der Waals surface area contributed by atoms with Gasteiger partial charge < -0.3 is 9.94 Å². The lowest BCUT2D eigenvalue weighted by Gasteiger charge is -2.12. The maximum atomic E-state index is 12.1. The number of nitrogens with one attached hydrogen (secondary N) is 1. The van der Waals surface area contributed by atoms with Crippen molar-refractivity contribution < 1.29 is 24.2 Å². The predicted octanol–water partition coefficient (Wildman–Crippen LogP) is 0.775. The summed E-state index contributed by atoms with van der Waals surface area (Å²) in [4.78, 5) is 27.8. The number of hydrogen-bond donors (Lipinski definition) is 2. The van der Waals surface area contributed by atoms with Crippen LogP contribution in [0.5, 0.6) is 5.75 Å². The van der Waals surface area contributed by atoms with E-state index in [1.54, 1.807) is 0 Å². The first kappa shape index (κ1) is 16.3. The van der Waals surface area contributed by atoms with E-state index in [9.17, 15) is 14.7 Å². The van der Waals surface area contributed by atoms with Gasteiger partial charge in [-0.15, -0.1) is 0 Å². The Labute approximate surface area is 141 Å². The molecule has 128 valence electrons. The Balaban J connectivity index is 1.86. The fourth-order valence-corrected chi connectivity index (χ4v) is 2.15. The highest BCUT2D eigenvalue weighted by atomic mass is 16.7. The van der Waals surface area contributed by atoms with Crippen LogP contribution in [0.3, 0.4) is 0 Å². The smallest absolute Gasteiger partial charge is 0.331 e. The van der Waals surface area contributed by atoms with Crippen LogP contribution in [0.1, 0.15) is 35.1 Å². The number of carbonyl (C=O) groups is 2. The SMILES string of the molecule is CC(=O)O/N=C1\CCc2nonc2\C1=N/NC(=O)c1ccc(O)cc1. The maximum absolute atomic E-state index is 12.1. The molecule has 1 aromatic carbocycles. The van der Waals surface area contributed by atoms with Gasteiger partial charge in [0.05, 0.1) is 0 Å². The number of phenols is 1. The Bertz CT molecular complexity index is 869. The number of nitrogens with zero attached hydrogens (tertiary/aromatic N) is 4. The van der Waals surface area contributed by atoms with E-state index in [1.807, 2.05) is 0 Å². The zero-order valence-electron chi connectivity index (χ0n) is 13.1. The van der Waals surface area contributed by atoms with Crippen LogP contribution in [-0.4, -0.2) is 38.7 Å². The lowest BCUT2D eigenvalue weighted by molar-refractivity contribution is -0.140. The van der Waals surface area contributed by atoms with E-state index in [1.165, 1.54) is 31.2 Å². The standard InChI is InChI=1S/C15H13N5O5/c1-8(21)24-18-11-6-7-12-14(20-25-19-12)13(11)16-17-15(23)9-2-4-10(22)5-3-9/h2-5,22H,6-7H2,1H3,(H,17,23)/b16-13-,18-11+. The molecule has 0 spiro atoms. The third-order valence-electron chi connectivity index (χ3n) is 3.34. The summed E-state index contributed by atoms with van der Waals surface area (Å²) in [7, 11) is 0. The lowest BCUT2D eigenvalue weighted by Crippen LogP contribution is -2.29. The van der Waals surface area contributed by atoms with E-state index in [4.69, 9.17) is 4.63 Å². The number of hydrazone groups is 1. The summed E-state index contributed by atoms with van der Waals surface area (Å²) >= 11 is 0. The Morgan fingerprint density at radius 2 is 2.00 bits per heavy atom. The van der Waals surface area contributed by atoms with Gasteiger partial charge in [-0.1, -0.05) is 10.3 Å². The molecule has 1 amide bonds. The number of fused-ring (bicyclic) bond motifs is 1. The number of benzene rings is 1.